The molecule has 0 spiro atoms. The zero-order valence-corrected chi connectivity index (χ0v) is 14.8. The third kappa shape index (κ3) is 4.85. The maximum Gasteiger partial charge on any atom is 0.329 e. The number of aromatic nitrogens is 2. The van der Waals surface area contributed by atoms with Gasteiger partial charge in [-0.15, -0.1) is 0 Å². The van der Waals surface area contributed by atoms with Crippen LogP contribution in [0, 0.1) is 6.92 Å². The average molecular weight is 363 g/mol. The fourth-order valence-corrected chi connectivity index (χ4v) is 2.20. The lowest BCUT2D eigenvalue weighted by molar-refractivity contribution is -0.114. The maximum atomic E-state index is 12.0. The summed E-state index contributed by atoms with van der Waals surface area (Å²) in [4.78, 5) is 27.1. The van der Waals surface area contributed by atoms with Crippen molar-refractivity contribution in [2.45, 2.75) is 13.8 Å². The monoisotopic (exact) mass is 363 g/mol. The first-order chi connectivity index (χ1) is 13.0. The van der Waals surface area contributed by atoms with Crippen LogP contribution < -0.4 is 10.7 Å². The third-order valence-corrected chi connectivity index (χ3v) is 3.54. The molecule has 0 atom stereocenters. The Kier molecular flexibility index (Phi) is 5.36. The molecule has 0 radical (unpaired) electrons. The lowest BCUT2D eigenvalue weighted by atomic mass is 10.1. The van der Waals surface area contributed by atoms with Gasteiger partial charge in [0.1, 0.15) is 0 Å². The van der Waals surface area contributed by atoms with Crippen LogP contribution >= 0.6 is 0 Å². The van der Waals surface area contributed by atoms with Crippen LogP contribution in [-0.2, 0) is 4.79 Å². The minimum atomic E-state index is -0.605. The molecule has 1 aromatic heterocycles. The van der Waals surface area contributed by atoms with Crippen LogP contribution in [0.25, 0.3) is 11.4 Å². The highest BCUT2D eigenvalue weighted by Gasteiger charge is 2.15. The molecule has 8 nitrogen and oxygen atoms in total. The van der Waals surface area contributed by atoms with Crippen molar-refractivity contribution in [1.82, 2.24) is 15.6 Å². The molecule has 136 valence electrons. The van der Waals surface area contributed by atoms with Gasteiger partial charge in [-0.1, -0.05) is 47.1 Å². The smallest absolute Gasteiger partial charge is 0.328 e. The maximum absolute atomic E-state index is 12.0. The van der Waals surface area contributed by atoms with E-state index in [9.17, 15) is 9.59 Å². The Hall–Kier alpha value is -3.81. The van der Waals surface area contributed by atoms with Crippen LogP contribution in [0.3, 0.4) is 0 Å². The predicted molar refractivity (Wildman–Crippen MR) is 100 cm³/mol. The van der Waals surface area contributed by atoms with Crippen LogP contribution in [0.1, 0.15) is 28.7 Å². The Morgan fingerprint density at radius 2 is 1.78 bits per heavy atom. The van der Waals surface area contributed by atoms with Crippen molar-refractivity contribution in [2.24, 2.45) is 5.10 Å². The molecule has 27 heavy (non-hydrogen) atoms. The van der Waals surface area contributed by atoms with E-state index in [2.05, 4.69) is 26.0 Å². The Morgan fingerprint density at radius 1 is 1.07 bits per heavy atom. The van der Waals surface area contributed by atoms with Gasteiger partial charge in [0.15, 0.2) is 0 Å². The fraction of sp³-hybridized carbons (Fsp3) is 0.105. The molecule has 0 saturated carbocycles. The van der Waals surface area contributed by atoms with Crippen molar-refractivity contribution in [2.75, 3.05) is 5.32 Å². The first-order valence-corrected chi connectivity index (χ1v) is 8.13. The molecular weight excluding hydrogens is 346 g/mol. The van der Waals surface area contributed by atoms with Crippen LogP contribution in [0.5, 0.6) is 0 Å². The summed E-state index contributed by atoms with van der Waals surface area (Å²) in [6, 6.07) is 14.5. The summed E-state index contributed by atoms with van der Waals surface area (Å²) in [7, 11) is 0. The molecule has 0 fully saturated rings. The Bertz CT molecular complexity index is 975. The molecule has 3 rings (SSSR count). The second-order valence-electron chi connectivity index (χ2n) is 5.79. The van der Waals surface area contributed by atoms with E-state index in [1.807, 2.05) is 31.2 Å². The van der Waals surface area contributed by atoms with E-state index in [0.29, 0.717) is 11.5 Å². The number of rotatable bonds is 5. The second-order valence-corrected chi connectivity index (χ2v) is 5.79. The summed E-state index contributed by atoms with van der Waals surface area (Å²) in [5.74, 6) is -0.596. The molecular formula is C19H17N5O3. The van der Waals surface area contributed by atoms with Crippen molar-refractivity contribution in [3.05, 3.63) is 65.5 Å². The van der Waals surface area contributed by atoms with Crippen molar-refractivity contribution < 1.29 is 14.1 Å². The van der Waals surface area contributed by atoms with Gasteiger partial charge >= 0.3 is 11.8 Å². The molecule has 3 aromatic rings. The van der Waals surface area contributed by atoms with Crippen LogP contribution in [0.15, 0.2) is 58.2 Å². The van der Waals surface area contributed by atoms with E-state index in [1.54, 1.807) is 24.3 Å². The molecule has 0 aliphatic heterocycles. The molecule has 0 aliphatic rings. The Balaban J connectivity index is 1.60. The largest absolute Gasteiger partial charge is 0.329 e. The van der Waals surface area contributed by atoms with Crippen molar-refractivity contribution in [3.8, 4) is 11.4 Å². The minimum absolute atomic E-state index is 0.145. The zero-order chi connectivity index (χ0) is 19.2. The summed E-state index contributed by atoms with van der Waals surface area (Å²) < 4.78 is 4.98. The molecule has 2 amide bonds. The summed E-state index contributed by atoms with van der Waals surface area (Å²) in [5.41, 5.74) is 5.62. The summed E-state index contributed by atoms with van der Waals surface area (Å²) in [6.07, 6.45) is 1.46. The number of aryl methyl sites for hydroxylation is 1. The highest BCUT2D eigenvalue weighted by atomic mass is 16.5. The molecule has 8 heteroatoms. The number of hydrogen-bond acceptors (Lipinski definition) is 6. The number of amides is 2. The van der Waals surface area contributed by atoms with Gasteiger partial charge < -0.3 is 9.84 Å². The number of nitrogens with zero attached hydrogens (tertiary/aromatic N) is 3. The van der Waals surface area contributed by atoms with Crippen LogP contribution in [0.2, 0.25) is 0 Å². The van der Waals surface area contributed by atoms with Crippen molar-refractivity contribution in [3.63, 3.8) is 0 Å². The number of hydrogen-bond donors (Lipinski definition) is 2. The third-order valence-electron chi connectivity index (χ3n) is 3.54. The van der Waals surface area contributed by atoms with Gasteiger partial charge in [-0.3, -0.25) is 9.59 Å². The molecule has 0 saturated heterocycles. The normalized spacial score (nSPS) is 10.7. The first kappa shape index (κ1) is 18.0. The average Bonchev–Trinajstić information content (AvgIpc) is 3.13. The predicted octanol–water partition coefficient (Wildman–Crippen LogP) is 2.77. The van der Waals surface area contributed by atoms with Gasteiger partial charge in [-0.25, -0.2) is 5.43 Å². The van der Waals surface area contributed by atoms with E-state index in [1.165, 1.54) is 13.1 Å². The van der Waals surface area contributed by atoms with Gasteiger partial charge in [0, 0.05) is 18.2 Å². The molecule has 2 N–H and O–H groups in total. The minimum Gasteiger partial charge on any atom is -0.328 e. The standard InChI is InChI=1S/C19H17N5O3/c1-12-3-7-15(8-4-12)17-22-19(27-24-17)18(26)23-20-11-14-5-9-16(10-6-14)21-13(2)25/h3-11H,1-2H3,(H,21,25)(H,23,26)/b20-11+. The molecule has 0 bridgehead atoms. The number of nitrogens with one attached hydrogen (secondary N) is 2. The highest BCUT2D eigenvalue weighted by molar-refractivity contribution is 5.91. The molecule has 0 unspecified atom stereocenters. The van der Waals surface area contributed by atoms with E-state index >= 15 is 0 Å². The zero-order valence-electron chi connectivity index (χ0n) is 14.8. The lowest BCUT2D eigenvalue weighted by Crippen LogP contribution is -2.18. The van der Waals surface area contributed by atoms with Gasteiger partial charge in [-0.05, 0) is 24.6 Å². The first-order valence-electron chi connectivity index (χ1n) is 8.13. The Labute approximate surface area is 155 Å². The van der Waals surface area contributed by atoms with Crippen molar-refractivity contribution in [1.29, 1.82) is 0 Å². The molecule has 2 aromatic carbocycles. The van der Waals surface area contributed by atoms with E-state index in [-0.39, 0.29) is 11.8 Å². The highest BCUT2D eigenvalue weighted by Crippen LogP contribution is 2.16. The number of carbonyl (C=O) groups excluding carboxylic acids is 2. The van der Waals surface area contributed by atoms with E-state index < -0.39 is 5.91 Å². The van der Waals surface area contributed by atoms with E-state index in [4.69, 9.17) is 4.52 Å². The van der Waals surface area contributed by atoms with Crippen LogP contribution in [-0.4, -0.2) is 28.2 Å². The Morgan fingerprint density at radius 3 is 2.44 bits per heavy atom. The summed E-state index contributed by atoms with van der Waals surface area (Å²) >= 11 is 0. The molecule has 0 aliphatic carbocycles. The van der Waals surface area contributed by atoms with Gasteiger partial charge in [-0.2, -0.15) is 10.1 Å². The van der Waals surface area contributed by atoms with Gasteiger partial charge in [0.2, 0.25) is 11.7 Å². The quantitative estimate of drug-likeness (QED) is 0.535. The number of carbonyl (C=O) groups is 2. The summed E-state index contributed by atoms with van der Waals surface area (Å²) in [6.45, 7) is 3.41. The SMILES string of the molecule is CC(=O)Nc1ccc(/C=N/NC(=O)c2nc(-c3ccc(C)cc3)no2)cc1. The van der Waals surface area contributed by atoms with Crippen LogP contribution in [0.4, 0.5) is 5.69 Å². The fourth-order valence-electron chi connectivity index (χ4n) is 2.20. The number of anilines is 1. The summed E-state index contributed by atoms with van der Waals surface area (Å²) in [5, 5.41) is 10.3. The van der Waals surface area contributed by atoms with E-state index in [0.717, 1.165) is 16.7 Å². The molecule has 1 heterocycles. The lowest BCUT2D eigenvalue weighted by Gasteiger charge is -2.01. The van der Waals surface area contributed by atoms with Gasteiger partial charge in [0.05, 0.1) is 6.21 Å². The second kappa shape index (κ2) is 8.05. The van der Waals surface area contributed by atoms with Crippen molar-refractivity contribution >= 4 is 23.7 Å². The number of hydrazone groups is 1. The number of benzene rings is 2. The van der Waals surface area contributed by atoms with Gasteiger partial charge in [0.25, 0.3) is 0 Å². The topological polar surface area (TPSA) is 109 Å².